The fraction of sp³-hybridized carbons (Fsp3) is 0. The van der Waals surface area contributed by atoms with Gasteiger partial charge in [0.2, 0.25) is 0 Å². The van der Waals surface area contributed by atoms with Gasteiger partial charge in [0.05, 0.1) is 11.1 Å². The molecule has 2 aromatic carbocycles. The molecular formula is C19H10F4N4O. The molecule has 1 N–H and O–H groups in total. The van der Waals surface area contributed by atoms with Gasteiger partial charge in [0.1, 0.15) is 0 Å². The molecule has 2 heterocycles. The van der Waals surface area contributed by atoms with Crippen LogP contribution in [-0.4, -0.2) is 9.61 Å². The van der Waals surface area contributed by atoms with Gasteiger partial charge >= 0.3 is 0 Å². The van der Waals surface area contributed by atoms with E-state index in [1.165, 1.54) is 41.0 Å². The van der Waals surface area contributed by atoms with Crippen LogP contribution in [0, 0.1) is 23.3 Å². The minimum atomic E-state index is -1.71. The maximum absolute atomic E-state index is 14.4. The molecule has 0 bridgehead atoms. The second-order valence-corrected chi connectivity index (χ2v) is 5.79. The monoisotopic (exact) mass is 386 g/mol. The summed E-state index contributed by atoms with van der Waals surface area (Å²) < 4.78 is 59.0. The van der Waals surface area contributed by atoms with Crippen molar-refractivity contribution in [3.63, 3.8) is 0 Å². The summed E-state index contributed by atoms with van der Waals surface area (Å²) >= 11 is 0. The topological polar surface area (TPSA) is 62.0 Å². The molecule has 5 nitrogen and oxygen atoms in total. The first-order valence-corrected chi connectivity index (χ1v) is 8.01. The molecular weight excluding hydrogens is 376 g/mol. The number of azo groups is 1. The van der Waals surface area contributed by atoms with Crippen LogP contribution in [0.1, 0.15) is 0 Å². The third-order valence-electron chi connectivity index (χ3n) is 4.09. The van der Waals surface area contributed by atoms with Crippen molar-refractivity contribution in [1.29, 1.82) is 0 Å². The number of hydrogen-bond donors (Lipinski definition) is 1. The smallest absolute Gasteiger partial charge is 0.265 e. The van der Waals surface area contributed by atoms with Gasteiger partial charge in [-0.3, -0.25) is 14.4 Å². The number of aromatic amines is 1. The summed E-state index contributed by atoms with van der Waals surface area (Å²) in [6.45, 7) is 0. The van der Waals surface area contributed by atoms with Crippen LogP contribution in [0.2, 0.25) is 0 Å². The molecule has 0 spiro atoms. The summed E-state index contributed by atoms with van der Waals surface area (Å²) in [5.41, 5.74) is -2.80. The minimum absolute atomic E-state index is 0.0336. The van der Waals surface area contributed by atoms with E-state index in [2.05, 4.69) is 15.3 Å². The van der Waals surface area contributed by atoms with Gasteiger partial charge < -0.3 is 0 Å². The minimum Gasteiger partial charge on any atom is -0.265 e. The summed E-state index contributed by atoms with van der Waals surface area (Å²) in [6.07, 6.45) is 1.52. The Hall–Kier alpha value is -3.75. The maximum atomic E-state index is 14.4. The van der Waals surface area contributed by atoms with Crippen molar-refractivity contribution in [2.75, 3.05) is 0 Å². The fourth-order valence-corrected chi connectivity index (χ4v) is 2.78. The van der Waals surface area contributed by atoms with E-state index in [0.717, 1.165) is 0 Å². The largest absolute Gasteiger partial charge is 0.292 e. The van der Waals surface area contributed by atoms with E-state index in [1.54, 1.807) is 18.2 Å². The number of halogens is 4. The van der Waals surface area contributed by atoms with Gasteiger partial charge in [0.25, 0.3) is 5.56 Å². The fourth-order valence-electron chi connectivity index (χ4n) is 2.78. The summed E-state index contributed by atoms with van der Waals surface area (Å²) in [5.74, 6) is -6.62. The van der Waals surface area contributed by atoms with Crippen LogP contribution >= 0.6 is 0 Å². The Kier molecular flexibility index (Phi) is 4.26. The highest BCUT2D eigenvalue weighted by atomic mass is 19.2. The quantitative estimate of drug-likeness (QED) is 0.291. The van der Waals surface area contributed by atoms with Crippen molar-refractivity contribution in [1.82, 2.24) is 9.61 Å². The van der Waals surface area contributed by atoms with E-state index in [1.807, 2.05) is 0 Å². The van der Waals surface area contributed by atoms with Crippen LogP contribution in [0.15, 0.2) is 69.8 Å². The van der Waals surface area contributed by atoms with Gasteiger partial charge in [0.15, 0.2) is 34.6 Å². The highest BCUT2D eigenvalue weighted by Gasteiger charge is 2.26. The Morgan fingerprint density at radius 1 is 0.750 bits per heavy atom. The number of H-pyrrole nitrogens is 1. The summed E-state index contributed by atoms with van der Waals surface area (Å²) in [6, 6.07) is 11.9. The van der Waals surface area contributed by atoms with E-state index in [4.69, 9.17) is 0 Å². The zero-order valence-corrected chi connectivity index (χ0v) is 14.0. The maximum Gasteiger partial charge on any atom is 0.292 e. The molecule has 0 saturated carbocycles. The lowest BCUT2D eigenvalue weighted by molar-refractivity contribution is 0.461. The Bertz CT molecular complexity index is 1250. The van der Waals surface area contributed by atoms with Crippen molar-refractivity contribution < 1.29 is 17.6 Å². The van der Waals surface area contributed by atoms with E-state index in [9.17, 15) is 22.4 Å². The molecule has 0 aliphatic rings. The molecule has 0 atom stereocenters. The average molecular weight is 386 g/mol. The molecule has 0 unspecified atom stereocenters. The summed E-state index contributed by atoms with van der Waals surface area (Å²) in [7, 11) is 0. The Labute approximate surface area is 154 Å². The van der Waals surface area contributed by atoms with Crippen LogP contribution in [0.5, 0.6) is 0 Å². The Morgan fingerprint density at radius 3 is 2.04 bits per heavy atom. The van der Waals surface area contributed by atoms with Crippen molar-refractivity contribution in [3.8, 4) is 11.1 Å². The lowest BCUT2D eigenvalue weighted by Crippen LogP contribution is -2.00. The molecule has 0 radical (unpaired) electrons. The first kappa shape index (κ1) is 17.7. The van der Waals surface area contributed by atoms with Crippen molar-refractivity contribution in [2.24, 2.45) is 10.2 Å². The number of aromatic nitrogens is 2. The van der Waals surface area contributed by atoms with Gasteiger partial charge in [0, 0.05) is 6.20 Å². The molecule has 4 rings (SSSR count). The van der Waals surface area contributed by atoms with Crippen molar-refractivity contribution in [3.05, 3.63) is 88.4 Å². The number of rotatable bonds is 3. The van der Waals surface area contributed by atoms with Crippen molar-refractivity contribution in [2.45, 2.75) is 0 Å². The van der Waals surface area contributed by atoms with Crippen LogP contribution < -0.4 is 5.56 Å². The van der Waals surface area contributed by atoms with Crippen LogP contribution in [-0.2, 0) is 0 Å². The highest BCUT2D eigenvalue weighted by molar-refractivity contribution is 5.69. The second kappa shape index (κ2) is 6.76. The first-order chi connectivity index (χ1) is 13.5. The van der Waals surface area contributed by atoms with E-state index in [0.29, 0.717) is 0 Å². The van der Waals surface area contributed by atoms with Gasteiger partial charge in [-0.25, -0.2) is 17.6 Å². The predicted molar refractivity (Wildman–Crippen MR) is 93.9 cm³/mol. The zero-order chi connectivity index (χ0) is 19.8. The molecule has 2 aromatic heterocycles. The van der Waals surface area contributed by atoms with Gasteiger partial charge in [-0.05, 0) is 17.7 Å². The number of pyridine rings is 1. The molecule has 4 aromatic rings. The van der Waals surface area contributed by atoms with Crippen molar-refractivity contribution >= 4 is 16.9 Å². The molecule has 0 amide bonds. The molecule has 0 saturated heterocycles. The number of benzene rings is 2. The lowest BCUT2D eigenvalue weighted by atomic mass is 10.0. The number of nitrogens with zero attached hydrogens (tertiary/aromatic N) is 3. The van der Waals surface area contributed by atoms with Gasteiger partial charge in [-0.2, -0.15) is 0 Å². The Balaban J connectivity index is 1.86. The van der Waals surface area contributed by atoms with Crippen LogP contribution in [0.4, 0.5) is 28.9 Å². The normalized spacial score (nSPS) is 11.6. The third-order valence-corrected chi connectivity index (χ3v) is 4.09. The standard InChI is InChI=1S/C19H10F4N4O/c20-13-12(10-6-2-1-3-7-10)14(21)16(23)18(15(13)22)25-24-17-11-8-4-5-9-27(11)26-19(17)28/h1-9H,(H,26,28). The molecule has 140 valence electrons. The first-order valence-electron chi connectivity index (χ1n) is 8.01. The Morgan fingerprint density at radius 2 is 1.36 bits per heavy atom. The number of hydrogen-bond acceptors (Lipinski definition) is 3. The highest BCUT2D eigenvalue weighted by Crippen LogP contribution is 2.36. The number of nitrogens with one attached hydrogen (secondary N) is 1. The summed E-state index contributed by atoms with van der Waals surface area (Å²) in [4.78, 5) is 11.9. The van der Waals surface area contributed by atoms with Crippen LogP contribution in [0.25, 0.3) is 16.6 Å². The number of fused-ring (bicyclic) bond motifs is 1. The average Bonchev–Trinajstić information content (AvgIpc) is 3.03. The molecule has 0 fully saturated rings. The second-order valence-electron chi connectivity index (χ2n) is 5.79. The zero-order valence-electron chi connectivity index (χ0n) is 14.0. The lowest BCUT2D eigenvalue weighted by Gasteiger charge is -2.09. The van der Waals surface area contributed by atoms with E-state index < -0.39 is 40.1 Å². The molecule has 28 heavy (non-hydrogen) atoms. The third kappa shape index (κ3) is 2.77. The molecule has 0 aliphatic heterocycles. The van der Waals surface area contributed by atoms with Crippen LogP contribution in [0.3, 0.4) is 0 Å². The SMILES string of the molecule is O=c1[nH]n2ccccc2c1N=Nc1c(F)c(F)c(-c2ccccc2)c(F)c1F. The molecule has 9 heteroatoms. The predicted octanol–water partition coefficient (Wildman–Crippen LogP) is 5.27. The molecule has 0 aliphatic carbocycles. The van der Waals surface area contributed by atoms with Gasteiger partial charge in [-0.15, -0.1) is 10.2 Å². The van der Waals surface area contributed by atoms with E-state index >= 15 is 0 Å². The van der Waals surface area contributed by atoms with E-state index in [-0.39, 0.29) is 16.8 Å². The summed E-state index contributed by atoms with van der Waals surface area (Å²) in [5, 5.41) is 9.21. The van der Waals surface area contributed by atoms with Gasteiger partial charge in [-0.1, -0.05) is 36.4 Å².